The molecule has 0 radical (unpaired) electrons. The summed E-state index contributed by atoms with van der Waals surface area (Å²) in [5.41, 5.74) is 1.77. The van der Waals surface area contributed by atoms with Gasteiger partial charge in [0.1, 0.15) is 0 Å². The Kier molecular flexibility index (Phi) is 8.97. The molecule has 3 amide bonds. The summed E-state index contributed by atoms with van der Waals surface area (Å²) in [6.45, 7) is 8.59. The number of H-pyrrole nitrogens is 1. The van der Waals surface area contributed by atoms with Crippen molar-refractivity contribution < 1.29 is 14.4 Å². The number of carbonyl (C=O) groups excluding carboxylic acids is 3. The molecule has 0 spiro atoms. The molecule has 5 rings (SSSR count). The van der Waals surface area contributed by atoms with Gasteiger partial charge in [0.15, 0.2) is 0 Å². The third-order valence-corrected chi connectivity index (χ3v) is 10.0. The van der Waals surface area contributed by atoms with Crippen molar-refractivity contribution in [3.05, 3.63) is 17.5 Å². The van der Waals surface area contributed by atoms with Crippen LogP contribution in [0.25, 0.3) is 0 Å². The van der Waals surface area contributed by atoms with E-state index in [-0.39, 0.29) is 41.6 Å². The molecule has 0 aromatic carbocycles. The van der Waals surface area contributed by atoms with Gasteiger partial charge in [-0.2, -0.15) is 5.10 Å². The van der Waals surface area contributed by atoms with E-state index >= 15 is 0 Å². The summed E-state index contributed by atoms with van der Waals surface area (Å²) < 4.78 is 0. The summed E-state index contributed by atoms with van der Waals surface area (Å²) in [5, 5.41) is 10.7. The SMILES string of the molecule is CC(C)[C@@H]1CC[C@@H](C)CC(=O)N2C[C@H]3C[C@@H](CN(C(=O)c4cn[nH]c4C4CCCCC4)C3)[C@@H]2CCCC(=O)N1. The van der Waals surface area contributed by atoms with Crippen LogP contribution in [0.2, 0.25) is 0 Å². The van der Waals surface area contributed by atoms with Crippen LogP contribution in [0.3, 0.4) is 0 Å². The highest BCUT2D eigenvalue weighted by atomic mass is 16.2. The summed E-state index contributed by atoms with van der Waals surface area (Å²) in [6, 6.07) is 0.256. The molecule has 3 aliphatic heterocycles. The predicted octanol–water partition coefficient (Wildman–Crippen LogP) is 4.88. The maximum Gasteiger partial charge on any atom is 0.257 e. The maximum absolute atomic E-state index is 13.8. The molecular formula is C31H49N5O3. The second kappa shape index (κ2) is 12.4. The second-order valence-corrected chi connectivity index (χ2v) is 13.4. The zero-order valence-corrected chi connectivity index (χ0v) is 24.3. The van der Waals surface area contributed by atoms with Gasteiger partial charge in [-0.1, -0.05) is 40.0 Å². The summed E-state index contributed by atoms with van der Waals surface area (Å²) in [4.78, 5) is 44.5. The van der Waals surface area contributed by atoms with E-state index in [2.05, 4.69) is 41.2 Å². The smallest absolute Gasteiger partial charge is 0.257 e. The van der Waals surface area contributed by atoms with Crippen molar-refractivity contribution in [2.45, 2.75) is 116 Å². The van der Waals surface area contributed by atoms with Crippen LogP contribution >= 0.6 is 0 Å². The van der Waals surface area contributed by atoms with Crippen LogP contribution in [0.4, 0.5) is 0 Å². The molecule has 39 heavy (non-hydrogen) atoms. The molecule has 4 aliphatic rings. The summed E-state index contributed by atoms with van der Waals surface area (Å²) in [5.74, 6) is 2.10. The number of nitrogens with zero attached hydrogens (tertiary/aromatic N) is 3. The molecule has 8 heteroatoms. The molecule has 1 saturated carbocycles. The standard InChI is InChI=1S/C31H49N5O3/c1-20(2)26-13-12-21(3)14-29(38)36-18-22-15-24(27(36)10-7-11-28(37)33-26)19-35(17-22)31(39)25-16-32-34-30(25)23-8-5-4-6-9-23/h16,20-24,26-27H,4-15,17-19H2,1-3H3,(H,32,34)(H,33,37)/t21-,22+,24+,26+,27+/m1/s1. The number of piperidine rings is 2. The topological polar surface area (TPSA) is 98.4 Å². The third kappa shape index (κ3) is 6.51. The predicted molar refractivity (Wildman–Crippen MR) is 151 cm³/mol. The van der Waals surface area contributed by atoms with Crippen molar-refractivity contribution in [2.75, 3.05) is 19.6 Å². The highest BCUT2D eigenvalue weighted by Gasteiger charge is 2.44. The average Bonchev–Trinajstić information content (AvgIpc) is 3.41. The normalized spacial score (nSPS) is 31.6. The minimum absolute atomic E-state index is 0.0909. The minimum atomic E-state index is 0.0909. The summed E-state index contributed by atoms with van der Waals surface area (Å²) in [7, 11) is 0. The highest BCUT2D eigenvalue weighted by molar-refractivity contribution is 5.95. The van der Waals surface area contributed by atoms with Crippen LogP contribution in [0.5, 0.6) is 0 Å². The minimum Gasteiger partial charge on any atom is -0.353 e. The molecule has 4 heterocycles. The van der Waals surface area contributed by atoms with Crippen molar-refractivity contribution in [3.63, 3.8) is 0 Å². The van der Waals surface area contributed by atoms with Crippen LogP contribution in [0.1, 0.15) is 120 Å². The molecule has 0 unspecified atom stereocenters. The Morgan fingerprint density at radius 1 is 1.00 bits per heavy atom. The van der Waals surface area contributed by atoms with Gasteiger partial charge in [0.2, 0.25) is 11.8 Å². The second-order valence-electron chi connectivity index (χ2n) is 13.4. The summed E-state index contributed by atoms with van der Waals surface area (Å²) >= 11 is 0. The fraction of sp³-hybridized carbons (Fsp3) is 0.806. The number of aromatic nitrogens is 2. The van der Waals surface area contributed by atoms with E-state index in [1.165, 1.54) is 19.3 Å². The van der Waals surface area contributed by atoms with E-state index in [0.29, 0.717) is 43.7 Å². The molecule has 1 aliphatic carbocycles. The Morgan fingerprint density at radius 3 is 2.56 bits per heavy atom. The van der Waals surface area contributed by atoms with Gasteiger partial charge in [-0.15, -0.1) is 0 Å². The number of fused-ring (bicyclic) bond motifs is 4. The molecular weight excluding hydrogens is 490 g/mol. The number of nitrogens with one attached hydrogen (secondary N) is 2. The average molecular weight is 540 g/mol. The van der Waals surface area contributed by atoms with E-state index < -0.39 is 0 Å². The van der Waals surface area contributed by atoms with Gasteiger partial charge >= 0.3 is 0 Å². The van der Waals surface area contributed by atoms with Gasteiger partial charge in [-0.25, -0.2) is 0 Å². The first-order valence-corrected chi connectivity index (χ1v) is 15.7. The van der Waals surface area contributed by atoms with Gasteiger partial charge in [-0.05, 0) is 68.6 Å². The lowest BCUT2D eigenvalue weighted by atomic mass is 9.77. The number of likely N-dealkylation sites (tertiary alicyclic amines) is 1. The quantitative estimate of drug-likeness (QED) is 0.572. The van der Waals surface area contributed by atoms with E-state index in [4.69, 9.17) is 0 Å². The zero-order chi connectivity index (χ0) is 27.5. The lowest BCUT2D eigenvalue weighted by Crippen LogP contribution is -2.60. The molecule has 216 valence electrons. The van der Waals surface area contributed by atoms with Gasteiger partial charge in [-0.3, -0.25) is 19.5 Å². The van der Waals surface area contributed by atoms with Crippen LogP contribution in [0, 0.1) is 23.7 Å². The van der Waals surface area contributed by atoms with Crippen molar-refractivity contribution in [2.24, 2.45) is 23.7 Å². The Morgan fingerprint density at radius 2 is 1.79 bits per heavy atom. The molecule has 1 aromatic heterocycles. The molecule has 2 bridgehead atoms. The number of aromatic amines is 1. The first-order valence-electron chi connectivity index (χ1n) is 15.7. The maximum atomic E-state index is 13.8. The molecule has 5 atom stereocenters. The fourth-order valence-corrected chi connectivity index (χ4v) is 7.81. The van der Waals surface area contributed by atoms with E-state index in [0.717, 1.165) is 62.7 Å². The largest absolute Gasteiger partial charge is 0.353 e. The zero-order valence-electron chi connectivity index (χ0n) is 24.3. The summed E-state index contributed by atoms with van der Waals surface area (Å²) in [6.07, 6.45) is 13.2. The van der Waals surface area contributed by atoms with Crippen LogP contribution in [-0.4, -0.2) is 69.4 Å². The third-order valence-electron chi connectivity index (χ3n) is 10.0. The van der Waals surface area contributed by atoms with E-state index in [1.807, 2.05) is 4.90 Å². The lowest BCUT2D eigenvalue weighted by molar-refractivity contribution is -0.141. The van der Waals surface area contributed by atoms with Crippen LogP contribution in [0.15, 0.2) is 6.20 Å². The van der Waals surface area contributed by atoms with E-state index in [1.54, 1.807) is 6.20 Å². The van der Waals surface area contributed by atoms with Crippen LogP contribution < -0.4 is 5.32 Å². The number of hydrogen-bond acceptors (Lipinski definition) is 4. The van der Waals surface area contributed by atoms with Gasteiger partial charge < -0.3 is 15.1 Å². The number of amides is 3. The lowest BCUT2D eigenvalue weighted by Gasteiger charge is -2.51. The molecule has 1 aromatic rings. The first kappa shape index (κ1) is 28.2. The molecule has 8 nitrogen and oxygen atoms in total. The highest BCUT2D eigenvalue weighted by Crippen LogP contribution is 2.38. The van der Waals surface area contributed by atoms with E-state index in [9.17, 15) is 14.4 Å². The molecule has 2 N–H and O–H groups in total. The van der Waals surface area contributed by atoms with Gasteiger partial charge in [0.05, 0.1) is 17.5 Å². The monoisotopic (exact) mass is 539 g/mol. The Balaban J connectivity index is 1.31. The Labute approximate surface area is 234 Å². The Bertz CT molecular complexity index is 1020. The van der Waals surface area contributed by atoms with Gasteiger partial charge in [0.25, 0.3) is 5.91 Å². The fourth-order valence-electron chi connectivity index (χ4n) is 7.81. The molecule has 4 fully saturated rings. The van der Waals surface area contributed by atoms with Gasteiger partial charge in [0, 0.05) is 50.5 Å². The van der Waals surface area contributed by atoms with Crippen molar-refractivity contribution in [1.29, 1.82) is 0 Å². The van der Waals surface area contributed by atoms with Crippen molar-refractivity contribution in [3.8, 4) is 0 Å². The molecule has 3 saturated heterocycles. The first-order chi connectivity index (χ1) is 18.8. The van der Waals surface area contributed by atoms with Crippen molar-refractivity contribution >= 4 is 17.7 Å². The Hall–Kier alpha value is -2.38. The van der Waals surface area contributed by atoms with Crippen LogP contribution in [-0.2, 0) is 9.59 Å². The number of carbonyl (C=O) groups is 3. The number of rotatable bonds is 3. The van der Waals surface area contributed by atoms with Crippen molar-refractivity contribution in [1.82, 2.24) is 25.3 Å². The number of hydrogen-bond donors (Lipinski definition) is 2.